The average Bonchev–Trinajstić information content (AvgIpc) is 3.22. The lowest BCUT2D eigenvalue weighted by Crippen LogP contribution is -2.29. The van der Waals surface area contributed by atoms with Crippen LogP contribution < -0.4 is 16.2 Å². The number of nitrogen functional groups attached to an aromatic ring is 1. The third kappa shape index (κ3) is 2.96. The summed E-state index contributed by atoms with van der Waals surface area (Å²) >= 11 is 0. The monoisotopic (exact) mass is 280 g/mol. The van der Waals surface area contributed by atoms with E-state index in [0.717, 1.165) is 32.2 Å². The summed E-state index contributed by atoms with van der Waals surface area (Å²) in [5, 5.41) is 11.3. The van der Waals surface area contributed by atoms with E-state index in [4.69, 9.17) is 5.84 Å². The Kier molecular flexibility index (Phi) is 4.33. The molecule has 1 heterocycles. The molecule has 0 radical (unpaired) electrons. The van der Waals surface area contributed by atoms with E-state index in [1.165, 1.54) is 0 Å². The lowest BCUT2D eigenvalue weighted by molar-refractivity contribution is -0.385. The molecule has 0 unspecified atom stereocenters. The zero-order valence-corrected chi connectivity index (χ0v) is 11.8. The molecule has 1 aromatic rings. The molecule has 1 aliphatic rings. The predicted octanol–water partition coefficient (Wildman–Crippen LogP) is 1.75. The van der Waals surface area contributed by atoms with Crippen LogP contribution in [0.5, 0.6) is 0 Å². The van der Waals surface area contributed by atoms with Gasteiger partial charge in [0.05, 0.1) is 4.92 Å². The quantitative estimate of drug-likeness (QED) is 0.444. The number of nitro groups is 1. The number of unbranched alkanes of at least 4 members (excludes halogenated alkanes) is 1. The number of aromatic nitrogens is 2. The first-order chi connectivity index (χ1) is 9.58. The van der Waals surface area contributed by atoms with E-state index in [2.05, 4.69) is 22.3 Å². The number of hydrogen-bond donors (Lipinski definition) is 2. The number of rotatable bonds is 7. The van der Waals surface area contributed by atoms with E-state index in [9.17, 15) is 10.1 Å². The third-order valence-corrected chi connectivity index (χ3v) is 3.36. The summed E-state index contributed by atoms with van der Waals surface area (Å²) in [5.41, 5.74) is 2.68. The average molecular weight is 280 g/mol. The van der Waals surface area contributed by atoms with E-state index in [1.54, 1.807) is 6.92 Å². The van der Waals surface area contributed by atoms with Crippen molar-refractivity contribution in [2.75, 3.05) is 16.9 Å². The molecule has 20 heavy (non-hydrogen) atoms. The van der Waals surface area contributed by atoms with E-state index in [0.29, 0.717) is 17.6 Å². The summed E-state index contributed by atoms with van der Waals surface area (Å²) in [7, 11) is 0. The van der Waals surface area contributed by atoms with Crippen LogP contribution in [0.2, 0.25) is 0 Å². The molecule has 1 aliphatic carbocycles. The Balaban J connectivity index is 2.44. The molecule has 1 fully saturated rings. The third-order valence-electron chi connectivity index (χ3n) is 3.36. The molecule has 110 valence electrons. The largest absolute Gasteiger partial charge is 0.348 e. The SMILES string of the molecule is CCCCN(c1nc(NN)nc(C)c1[N+](=O)[O-])C1CC1. The lowest BCUT2D eigenvalue weighted by atomic mass is 10.2. The van der Waals surface area contributed by atoms with Crippen molar-refractivity contribution in [3.63, 3.8) is 0 Å². The Morgan fingerprint density at radius 2 is 2.20 bits per heavy atom. The first-order valence-electron chi connectivity index (χ1n) is 6.84. The van der Waals surface area contributed by atoms with Crippen LogP contribution in [0.15, 0.2) is 0 Å². The second-order valence-electron chi connectivity index (χ2n) is 4.98. The van der Waals surface area contributed by atoms with Crippen LogP contribution in [0.3, 0.4) is 0 Å². The van der Waals surface area contributed by atoms with Gasteiger partial charge in [-0.1, -0.05) is 13.3 Å². The van der Waals surface area contributed by atoms with E-state index < -0.39 is 4.92 Å². The molecule has 0 aliphatic heterocycles. The first-order valence-corrected chi connectivity index (χ1v) is 6.84. The van der Waals surface area contributed by atoms with Gasteiger partial charge in [0.2, 0.25) is 11.8 Å². The highest BCUT2D eigenvalue weighted by atomic mass is 16.6. The summed E-state index contributed by atoms with van der Waals surface area (Å²) in [6, 6.07) is 0.347. The van der Waals surface area contributed by atoms with Crippen LogP contribution in [0.25, 0.3) is 0 Å². The van der Waals surface area contributed by atoms with Gasteiger partial charge >= 0.3 is 5.69 Å². The van der Waals surface area contributed by atoms with E-state index >= 15 is 0 Å². The van der Waals surface area contributed by atoms with Crippen molar-refractivity contribution in [2.24, 2.45) is 5.84 Å². The van der Waals surface area contributed by atoms with Gasteiger partial charge in [-0.3, -0.25) is 15.5 Å². The smallest absolute Gasteiger partial charge is 0.332 e. The summed E-state index contributed by atoms with van der Waals surface area (Å²) in [4.78, 5) is 21.2. The Bertz CT molecular complexity index is 503. The second kappa shape index (κ2) is 6.00. The Labute approximate surface area is 117 Å². The summed E-state index contributed by atoms with van der Waals surface area (Å²) in [6.07, 6.45) is 4.11. The lowest BCUT2D eigenvalue weighted by Gasteiger charge is -2.23. The van der Waals surface area contributed by atoms with Gasteiger partial charge in [-0.25, -0.2) is 10.8 Å². The minimum absolute atomic E-state index is 0.0213. The first kappa shape index (κ1) is 14.4. The molecule has 0 atom stereocenters. The molecule has 8 nitrogen and oxygen atoms in total. The second-order valence-corrected chi connectivity index (χ2v) is 4.98. The number of nitrogens with one attached hydrogen (secondary N) is 1. The minimum atomic E-state index is -0.410. The molecule has 0 amide bonds. The van der Waals surface area contributed by atoms with Crippen molar-refractivity contribution >= 4 is 17.5 Å². The Morgan fingerprint density at radius 1 is 1.50 bits per heavy atom. The molecule has 2 rings (SSSR count). The zero-order valence-electron chi connectivity index (χ0n) is 11.8. The predicted molar refractivity (Wildman–Crippen MR) is 76.5 cm³/mol. The molecule has 1 aromatic heterocycles. The van der Waals surface area contributed by atoms with Gasteiger partial charge in [-0.2, -0.15) is 4.98 Å². The van der Waals surface area contributed by atoms with Crippen molar-refractivity contribution < 1.29 is 4.92 Å². The number of aryl methyl sites for hydroxylation is 1. The van der Waals surface area contributed by atoms with Crippen LogP contribution in [0.4, 0.5) is 17.5 Å². The van der Waals surface area contributed by atoms with Gasteiger partial charge < -0.3 is 4.90 Å². The van der Waals surface area contributed by atoms with E-state index in [1.807, 2.05) is 4.90 Å². The maximum atomic E-state index is 11.3. The van der Waals surface area contributed by atoms with Gasteiger partial charge in [0, 0.05) is 12.6 Å². The van der Waals surface area contributed by atoms with Crippen molar-refractivity contribution in [1.29, 1.82) is 0 Å². The summed E-state index contributed by atoms with van der Waals surface area (Å²) < 4.78 is 0. The van der Waals surface area contributed by atoms with Crippen molar-refractivity contribution in [3.8, 4) is 0 Å². The number of hydrogen-bond acceptors (Lipinski definition) is 7. The van der Waals surface area contributed by atoms with Crippen LogP contribution in [0.1, 0.15) is 38.3 Å². The fourth-order valence-electron chi connectivity index (χ4n) is 2.21. The molecule has 0 saturated heterocycles. The number of nitrogens with zero attached hydrogens (tertiary/aromatic N) is 4. The molecule has 0 spiro atoms. The maximum Gasteiger partial charge on any atom is 0.332 e. The fraction of sp³-hybridized carbons (Fsp3) is 0.667. The van der Waals surface area contributed by atoms with Crippen molar-refractivity contribution in [2.45, 2.75) is 45.6 Å². The van der Waals surface area contributed by atoms with Crippen LogP contribution in [-0.2, 0) is 0 Å². The van der Waals surface area contributed by atoms with Crippen LogP contribution in [0, 0.1) is 17.0 Å². The summed E-state index contributed by atoms with van der Waals surface area (Å²) in [6.45, 7) is 4.47. The molecule has 1 saturated carbocycles. The molecular formula is C12H20N6O2. The zero-order chi connectivity index (χ0) is 14.7. The van der Waals surface area contributed by atoms with Gasteiger partial charge in [0.1, 0.15) is 5.69 Å². The highest BCUT2D eigenvalue weighted by Gasteiger charge is 2.35. The topological polar surface area (TPSA) is 110 Å². The Morgan fingerprint density at radius 3 is 2.70 bits per heavy atom. The molecule has 3 N–H and O–H groups in total. The minimum Gasteiger partial charge on any atom is -0.348 e. The highest BCUT2D eigenvalue weighted by molar-refractivity contribution is 5.63. The number of anilines is 2. The van der Waals surface area contributed by atoms with Gasteiger partial charge in [0.15, 0.2) is 0 Å². The molecule has 0 bridgehead atoms. The van der Waals surface area contributed by atoms with Crippen molar-refractivity contribution in [3.05, 3.63) is 15.8 Å². The van der Waals surface area contributed by atoms with Crippen LogP contribution >= 0.6 is 0 Å². The maximum absolute atomic E-state index is 11.3. The molecular weight excluding hydrogens is 260 g/mol. The number of hydrazine groups is 1. The number of nitrogens with two attached hydrogens (primary N) is 1. The van der Waals surface area contributed by atoms with Crippen molar-refractivity contribution in [1.82, 2.24) is 9.97 Å². The van der Waals surface area contributed by atoms with Gasteiger partial charge in [0.25, 0.3) is 0 Å². The fourth-order valence-corrected chi connectivity index (χ4v) is 2.21. The normalized spacial score (nSPS) is 14.2. The standard InChI is InChI=1S/C12H20N6O2/c1-3-4-7-17(9-5-6-9)11-10(18(19)20)8(2)14-12(15-11)16-13/h9H,3-7,13H2,1-2H3,(H,14,15,16). The summed E-state index contributed by atoms with van der Waals surface area (Å²) in [5.74, 6) is 5.94. The molecule has 8 heteroatoms. The molecule has 0 aromatic carbocycles. The van der Waals surface area contributed by atoms with Crippen LogP contribution in [-0.4, -0.2) is 27.5 Å². The van der Waals surface area contributed by atoms with Gasteiger partial charge in [-0.05, 0) is 26.2 Å². The highest BCUT2D eigenvalue weighted by Crippen LogP contribution is 2.37. The van der Waals surface area contributed by atoms with E-state index in [-0.39, 0.29) is 11.6 Å². The Hall–Kier alpha value is -1.96. The van der Waals surface area contributed by atoms with Gasteiger partial charge in [-0.15, -0.1) is 0 Å².